The summed E-state index contributed by atoms with van der Waals surface area (Å²) in [6.45, 7) is 4.91. The lowest BCUT2D eigenvalue weighted by Gasteiger charge is -2.36. The van der Waals surface area contributed by atoms with Gasteiger partial charge in [0.15, 0.2) is 0 Å². The van der Waals surface area contributed by atoms with E-state index in [4.69, 9.17) is 0 Å². The van der Waals surface area contributed by atoms with Gasteiger partial charge < -0.3 is 24.4 Å². The molecule has 0 bridgehead atoms. The molecule has 142 valence electrons. The van der Waals surface area contributed by atoms with Crippen molar-refractivity contribution in [1.82, 2.24) is 0 Å². The molecule has 0 aromatic heterocycles. The van der Waals surface area contributed by atoms with Gasteiger partial charge in [-0.3, -0.25) is 0 Å². The molecule has 0 amide bonds. The molecule has 0 radical (unpaired) electrons. The molecule has 8 heteroatoms. The van der Waals surface area contributed by atoms with Crippen molar-refractivity contribution in [3.8, 4) is 0 Å². The second-order valence-corrected chi connectivity index (χ2v) is 7.65. The quantitative estimate of drug-likeness (QED) is 0.240. The third-order valence-corrected chi connectivity index (χ3v) is 4.59. The average molecular weight is 365 g/mol. The normalized spacial score (nSPS) is 13.2. The Morgan fingerprint density at radius 1 is 1.00 bits per heavy atom. The summed E-state index contributed by atoms with van der Waals surface area (Å²) >= 11 is 0. The van der Waals surface area contributed by atoms with E-state index in [-0.39, 0.29) is 24.3 Å². The summed E-state index contributed by atoms with van der Waals surface area (Å²) in [5, 5.41) is 27.8. The predicted octanol–water partition coefficient (Wildman–Crippen LogP) is -0.00190. The fraction of sp³-hybridized carbons (Fsp3) is 0.750. The van der Waals surface area contributed by atoms with Crippen LogP contribution in [0.1, 0.15) is 26.7 Å². The zero-order valence-electron chi connectivity index (χ0n) is 14.6. The number of aliphatic hydroxyl groups excluding tert-OH is 3. The van der Waals surface area contributed by atoms with E-state index in [1.54, 1.807) is 6.08 Å². The molecule has 0 rings (SSSR count). The maximum Gasteiger partial charge on any atom is 0.102 e. The Morgan fingerprint density at radius 2 is 1.50 bits per heavy atom. The van der Waals surface area contributed by atoms with Crippen LogP contribution in [0.15, 0.2) is 23.3 Å². The molecule has 0 unspecified atom stereocenters. The van der Waals surface area contributed by atoms with Crippen molar-refractivity contribution < 1.29 is 32.8 Å². The van der Waals surface area contributed by atoms with E-state index in [0.717, 1.165) is 5.57 Å². The van der Waals surface area contributed by atoms with Crippen molar-refractivity contribution in [2.45, 2.75) is 26.7 Å². The van der Waals surface area contributed by atoms with Crippen LogP contribution in [0.5, 0.6) is 0 Å². The van der Waals surface area contributed by atoms with Crippen LogP contribution in [-0.4, -0.2) is 84.5 Å². The number of hydrogen-bond acceptors (Lipinski definition) is 6. The van der Waals surface area contributed by atoms with Crippen LogP contribution in [-0.2, 0) is 10.1 Å². The smallest absolute Gasteiger partial charge is 0.102 e. The summed E-state index contributed by atoms with van der Waals surface area (Å²) in [4.78, 5) is 0. The van der Waals surface area contributed by atoms with E-state index in [1.165, 1.54) is 0 Å². The van der Waals surface area contributed by atoms with Gasteiger partial charge in [0.2, 0.25) is 0 Å². The monoisotopic (exact) mass is 365 g/mol. The molecular weight excluding hydrogens is 334 g/mol. The Morgan fingerprint density at radius 3 is 1.88 bits per heavy atom. The third kappa shape index (κ3) is 10.9. The highest BCUT2D eigenvalue weighted by atomic mass is 32.2. The van der Waals surface area contributed by atoms with E-state index in [2.05, 4.69) is 0 Å². The third-order valence-electron chi connectivity index (χ3n) is 3.87. The fourth-order valence-corrected chi connectivity index (χ4v) is 3.29. The first-order valence-corrected chi connectivity index (χ1v) is 9.68. The molecule has 0 spiro atoms. The Labute approximate surface area is 145 Å². The lowest BCUT2D eigenvalue weighted by Crippen LogP contribution is -2.53. The highest BCUT2D eigenvalue weighted by Gasteiger charge is 2.25. The van der Waals surface area contributed by atoms with Crippen molar-refractivity contribution in [2.75, 3.05) is 51.8 Å². The van der Waals surface area contributed by atoms with Gasteiger partial charge in [-0.2, -0.15) is 0 Å². The van der Waals surface area contributed by atoms with E-state index < -0.39 is 15.9 Å². The molecule has 0 aliphatic carbocycles. The Bertz CT molecular complexity index is 492. The molecule has 0 aromatic rings. The molecule has 24 heavy (non-hydrogen) atoms. The maximum absolute atomic E-state index is 11.1. The summed E-state index contributed by atoms with van der Waals surface area (Å²) in [6.07, 6.45) is 4.78. The van der Waals surface area contributed by atoms with Gasteiger partial charge in [0.05, 0.1) is 42.2 Å². The summed E-state index contributed by atoms with van der Waals surface area (Å²) in [5.41, 5.74) is 1.64. The zero-order chi connectivity index (χ0) is 18.6. The Balaban J connectivity index is 5.27. The predicted molar refractivity (Wildman–Crippen MR) is 92.3 cm³/mol. The second kappa shape index (κ2) is 11.7. The molecule has 0 heterocycles. The maximum atomic E-state index is 11.1. The van der Waals surface area contributed by atoms with Gasteiger partial charge in [-0.1, -0.05) is 17.2 Å². The minimum Gasteiger partial charge on any atom is -0.748 e. The van der Waals surface area contributed by atoms with Gasteiger partial charge in [-0.25, -0.2) is 8.42 Å². The van der Waals surface area contributed by atoms with Crippen LogP contribution in [0.3, 0.4) is 0 Å². The molecule has 0 fully saturated rings. The molecule has 0 aliphatic rings. The Kier molecular flexibility index (Phi) is 11.4. The lowest BCUT2D eigenvalue weighted by atomic mass is 10.1. The SMILES string of the molecule is CC(C)=CCC/C(=C\C[N+](CCO)(CCO)CCO)CS(=O)(=O)[O-]. The molecule has 7 nitrogen and oxygen atoms in total. The highest BCUT2D eigenvalue weighted by Crippen LogP contribution is 2.13. The van der Waals surface area contributed by atoms with Crippen LogP contribution >= 0.6 is 0 Å². The van der Waals surface area contributed by atoms with Crippen molar-refractivity contribution in [3.05, 3.63) is 23.3 Å². The molecule has 0 saturated heterocycles. The minimum atomic E-state index is -4.37. The van der Waals surface area contributed by atoms with Crippen molar-refractivity contribution in [1.29, 1.82) is 0 Å². The molecule has 0 atom stereocenters. The van der Waals surface area contributed by atoms with Crippen LogP contribution in [0.25, 0.3) is 0 Å². The van der Waals surface area contributed by atoms with Crippen LogP contribution < -0.4 is 0 Å². The lowest BCUT2D eigenvalue weighted by molar-refractivity contribution is -0.923. The number of rotatable bonds is 13. The van der Waals surface area contributed by atoms with E-state index in [1.807, 2.05) is 19.9 Å². The fourth-order valence-electron chi connectivity index (χ4n) is 2.57. The van der Waals surface area contributed by atoms with E-state index in [9.17, 15) is 28.3 Å². The van der Waals surface area contributed by atoms with Gasteiger partial charge in [0.1, 0.15) is 19.6 Å². The first-order valence-electron chi connectivity index (χ1n) is 8.10. The van der Waals surface area contributed by atoms with Crippen LogP contribution in [0.4, 0.5) is 0 Å². The summed E-state index contributed by atoms with van der Waals surface area (Å²) in [5.74, 6) is -0.541. The van der Waals surface area contributed by atoms with Crippen molar-refractivity contribution in [2.24, 2.45) is 0 Å². The number of allylic oxidation sites excluding steroid dienone is 2. The van der Waals surface area contributed by atoms with Gasteiger partial charge in [-0.15, -0.1) is 0 Å². The number of nitrogens with zero attached hydrogens (tertiary/aromatic N) is 1. The number of quaternary nitrogens is 1. The van der Waals surface area contributed by atoms with E-state index >= 15 is 0 Å². The van der Waals surface area contributed by atoms with Crippen LogP contribution in [0.2, 0.25) is 0 Å². The Hall–Kier alpha value is -0.770. The molecule has 0 saturated carbocycles. The van der Waals surface area contributed by atoms with Crippen LogP contribution in [0, 0.1) is 0 Å². The van der Waals surface area contributed by atoms with Gasteiger partial charge in [-0.05, 0) is 32.8 Å². The number of hydrogen-bond donors (Lipinski definition) is 3. The first-order chi connectivity index (χ1) is 11.2. The largest absolute Gasteiger partial charge is 0.748 e. The summed E-state index contributed by atoms with van der Waals surface area (Å²) in [6, 6.07) is 0. The second-order valence-electron chi connectivity index (χ2n) is 6.25. The van der Waals surface area contributed by atoms with Gasteiger partial charge in [0, 0.05) is 0 Å². The summed E-state index contributed by atoms with van der Waals surface area (Å²) < 4.78 is 33.6. The van der Waals surface area contributed by atoms with E-state index in [0.29, 0.717) is 44.6 Å². The van der Waals surface area contributed by atoms with Gasteiger partial charge >= 0.3 is 0 Å². The first kappa shape index (κ1) is 23.2. The molecule has 3 N–H and O–H groups in total. The minimum absolute atomic E-state index is 0.110. The molecular formula is C16H31NO6S. The standard InChI is InChI=1S/C16H31NO6S/c1-15(2)4-3-5-16(14-24(21,22)23)6-7-17(8-11-18,9-12-19)10-13-20/h4,6,18-20H,3,5,7-14H2,1-2H3/b16-6+. The van der Waals surface area contributed by atoms with Gasteiger partial charge in [0.25, 0.3) is 0 Å². The molecule has 0 aliphatic heterocycles. The topological polar surface area (TPSA) is 118 Å². The zero-order valence-corrected chi connectivity index (χ0v) is 15.5. The van der Waals surface area contributed by atoms with Crippen molar-refractivity contribution in [3.63, 3.8) is 0 Å². The average Bonchev–Trinajstić information content (AvgIpc) is 2.43. The number of aliphatic hydroxyl groups is 3. The highest BCUT2D eigenvalue weighted by molar-refractivity contribution is 7.85. The summed E-state index contributed by atoms with van der Waals surface area (Å²) in [7, 11) is -4.37. The van der Waals surface area contributed by atoms with Crippen molar-refractivity contribution >= 4 is 10.1 Å². The molecule has 0 aromatic carbocycles.